The van der Waals surface area contributed by atoms with Crippen LogP contribution in [0.2, 0.25) is 0 Å². The molecule has 1 atom stereocenters. The lowest BCUT2D eigenvalue weighted by Gasteiger charge is -2.27. The molecule has 7 heteroatoms. The zero-order valence-electron chi connectivity index (χ0n) is 15.3. The van der Waals surface area contributed by atoms with E-state index >= 15 is 0 Å². The molecular weight excluding hydrogens is 358 g/mol. The summed E-state index contributed by atoms with van der Waals surface area (Å²) < 4.78 is 1.83. The molecule has 140 valence electrons. The van der Waals surface area contributed by atoms with E-state index in [1.165, 1.54) is 11.3 Å². The predicted molar refractivity (Wildman–Crippen MR) is 107 cm³/mol. The topological polar surface area (TPSA) is 63.1 Å². The van der Waals surface area contributed by atoms with E-state index in [1.54, 1.807) is 6.20 Å². The van der Waals surface area contributed by atoms with Gasteiger partial charge < -0.3 is 10.2 Å². The quantitative estimate of drug-likeness (QED) is 0.712. The molecule has 1 fully saturated rings. The second-order valence-electron chi connectivity index (χ2n) is 6.69. The number of hydrogen-bond acceptors (Lipinski definition) is 5. The molecule has 3 heterocycles. The van der Waals surface area contributed by atoms with Crippen molar-refractivity contribution in [2.24, 2.45) is 0 Å². The van der Waals surface area contributed by atoms with E-state index in [0.717, 1.165) is 48.7 Å². The average Bonchev–Trinajstić information content (AvgIpc) is 3.47. The zero-order chi connectivity index (χ0) is 18.6. The minimum absolute atomic E-state index is 0.0310. The Morgan fingerprint density at radius 2 is 2.22 bits per heavy atom. The molecule has 0 spiro atoms. The van der Waals surface area contributed by atoms with Crippen LogP contribution in [-0.4, -0.2) is 51.2 Å². The number of nitrogens with one attached hydrogen (secondary N) is 1. The zero-order valence-corrected chi connectivity index (χ0v) is 16.2. The SMILES string of the molecule is CCCN(C(=O)c1csc(-c2cnn(-c3ccccc3)c2)n1)C1CCNC1. The van der Waals surface area contributed by atoms with E-state index in [4.69, 9.17) is 0 Å². The van der Waals surface area contributed by atoms with Crippen LogP contribution in [0.5, 0.6) is 0 Å². The number of nitrogens with zero attached hydrogens (tertiary/aromatic N) is 4. The molecule has 1 unspecified atom stereocenters. The number of amides is 1. The van der Waals surface area contributed by atoms with Crippen molar-refractivity contribution in [3.8, 4) is 16.3 Å². The Bertz CT molecular complexity index is 898. The van der Waals surface area contributed by atoms with Crippen molar-refractivity contribution in [2.45, 2.75) is 25.8 Å². The van der Waals surface area contributed by atoms with E-state index in [2.05, 4.69) is 22.3 Å². The van der Waals surface area contributed by atoms with Crippen LogP contribution in [0.3, 0.4) is 0 Å². The van der Waals surface area contributed by atoms with Gasteiger partial charge in [0.2, 0.25) is 0 Å². The lowest BCUT2D eigenvalue weighted by molar-refractivity contribution is 0.0687. The van der Waals surface area contributed by atoms with Crippen LogP contribution in [0.4, 0.5) is 0 Å². The molecule has 0 saturated carbocycles. The van der Waals surface area contributed by atoms with Crippen LogP contribution in [0.25, 0.3) is 16.3 Å². The third-order valence-corrected chi connectivity index (χ3v) is 5.67. The van der Waals surface area contributed by atoms with Crippen LogP contribution in [0.15, 0.2) is 48.1 Å². The van der Waals surface area contributed by atoms with Gasteiger partial charge in [-0.25, -0.2) is 9.67 Å². The van der Waals surface area contributed by atoms with Gasteiger partial charge in [-0.3, -0.25) is 4.79 Å². The highest BCUT2D eigenvalue weighted by Gasteiger charge is 2.28. The highest BCUT2D eigenvalue weighted by Crippen LogP contribution is 2.25. The summed E-state index contributed by atoms with van der Waals surface area (Å²) in [5, 5.41) is 10.5. The molecule has 6 nitrogen and oxygen atoms in total. The first kappa shape index (κ1) is 17.9. The number of carbonyl (C=O) groups excluding carboxylic acids is 1. The summed E-state index contributed by atoms with van der Waals surface area (Å²) in [5.41, 5.74) is 2.45. The fraction of sp³-hybridized carbons (Fsp3) is 0.350. The van der Waals surface area contributed by atoms with Gasteiger partial charge in [-0.05, 0) is 31.5 Å². The smallest absolute Gasteiger partial charge is 0.273 e. The molecular formula is C20H23N5OS. The summed E-state index contributed by atoms with van der Waals surface area (Å²) in [6.45, 7) is 4.71. The summed E-state index contributed by atoms with van der Waals surface area (Å²) in [6.07, 6.45) is 5.70. The first-order valence-electron chi connectivity index (χ1n) is 9.34. The molecule has 0 bridgehead atoms. The highest BCUT2D eigenvalue weighted by molar-refractivity contribution is 7.13. The van der Waals surface area contributed by atoms with Gasteiger partial charge in [-0.1, -0.05) is 25.1 Å². The fourth-order valence-corrected chi connectivity index (χ4v) is 4.17. The Morgan fingerprint density at radius 3 is 2.96 bits per heavy atom. The molecule has 1 aromatic carbocycles. The van der Waals surface area contributed by atoms with Gasteiger partial charge in [0, 0.05) is 36.3 Å². The molecule has 1 saturated heterocycles. The molecule has 1 amide bonds. The molecule has 0 radical (unpaired) electrons. The number of benzene rings is 1. The van der Waals surface area contributed by atoms with Crippen LogP contribution >= 0.6 is 11.3 Å². The van der Waals surface area contributed by atoms with Gasteiger partial charge in [0.25, 0.3) is 5.91 Å². The van der Waals surface area contributed by atoms with E-state index in [9.17, 15) is 4.79 Å². The minimum atomic E-state index is 0.0310. The Kier molecular flexibility index (Phi) is 5.31. The molecule has 3 aromatic rings. The summed E-state index contributed by atoms with van der Waals surface area (Å²) in [7, 11) is 0. The third kappa shape index (κ3) is 3.79. The molecule has 27 heavy (non-hydrogen) atoms. The van der Waals surface area contributed by atoms with E-state index in [1.807, 2.05) is 51.5 Å². The Hall–Kier alpha value is -2.51. The second kappa shape index (κ2) is 8.02. The largest absolute Gasteiger partial charge is 0.333 e. The normalized spacial score (nSPS) is 16.6. The van der Waals surface area contributed by atoms with Gasteiger partial charge >= 0.3 is 0 Å². The highest BCUT2D eigenvalue weighted by atomic mass is 32.1. The maximum atomic E-state index is 13.0. The van der Waals surface area contributed by atoms with Gasteiger partial charge in [0.1, 0.15) is 10.7 Å². The maximum absolute atomic E-state index is 13.0. The average molecular weight is 382 g/mol. The molecule has 4 rings (SSSR count). The van der Waals surface area contributed by atoms with E-state index in [-0.39, 0.29) is 11.9 Å². The Balaban J connectivity index is 1.54. The van der Waals surface area contributed by atoms with Crippen molar-refractivity contribution in [1.29, 1.82) is 0 Å². The number of hydrogen-bond donors (Lipinski definition) is 1. The van der Waals surface area contributed by atoms with Crippen LogP contribution in [0, 0.1) is 0 Å². The number of para-hydroxylation sites is 1. The molecule has 0 aliphatic carbocycles. The number of aromatic nitrogens is 3. The molecule has 1 aliphatic rings. The first-order chi connectivity index (χ1) is 13.3. The molecule has 1 N–H and O–H groups in total. The van der Waals surface area contributed by atoms with Crippen LogP contribution in [0.1, 0.15) is 30.3 Å². The maximum Gasteiger partial charge on any atom is 0.273 e. The van der Waals surface area contributed by atoms with E-state index in [0.29, 0.717) is 5.69 Å². The number of thiazole rings is 1. The number of rotatable bonds is 6. The molecule has 1 aliphatic heterocycles. The Morgan fingerprint density at radius 1 is 1.37 bits per heavy atom. The van der Waals surface area contributed by atoms with Crippen molar-refractivity contribution >= 4 is 17.2 Å². The van der Waals surface area contributed by atoms with Crippen LogP contribution < -0.4 is 5.32 Å². The van der Waals surface area contributed by atoms with Gasteiger partial charge in [0.05, 0.1) is 11.9 Å². The van der Waals surface area contributed by atoms with Crippen molar-refractivity contribution in [3.63, 3.8) is 0 Å². The summed E-state index contributed by atoms with van der Waals surface area (Å²) in [5.74, 6) is 0.0310. The number of carbonyl (C=O) groups is 1. The van der Waals surface area contributed by atoms with Crippen molar-refractivity contribution in [3.05, 3.63) is 53.8 Å². The van der Waals surface area contributed by atoms with Crippen molar-refractivity contribution in [1.82, 2.24) is 25.0 Å². The summed E-state index contributed by atoms with van der Waals surface area (Å²) >= 11 is 1.49. The fourth-order valence-electron chi connectivity index (χ4n) is 3.40. The second-order valence-corrected chi connectivity index (χ2v) is 7.55. The lowest BCUT2D eigenvalue weighted by Crippen LogP contribution is -2.42. The predicted octanol–water partition coefficient (Wildman–Crippen LogP) is 3.21. The van der Waals surface area contributed by atoms with E-state index < -0.39 is 0 Å². The minimum Gasteiger partial charge on any atom is -0.333 e. The lowest BCUT2D eigenvalue weighted by atomic mass is 10.2. The van der Waals surface area contributed by atoms with Gasteiger partial charge in [0.15, 0.2) is 0 Å². The first-order valence-corrected chi connectivity index (χ1v) is 10.2. The third-order valence-electron chi connectivity index (χ3n) is 4.77. The molecule has 2 aromatic heterocycles. The van der Waals surface area contributed by atoms with Crippen LogP contribution in [-0.2, 0) is 0 Å². The summed E-state index contributed by atoms with van der Waals surface area (Å²) in [6, 6.07) is 10.2. The van der Waals surface area contributed by atoms with Crippen molar-refractivity contribution < 1.29 is 4.79 Å². The summed E-state index contributed by atoms with van der Waals surface area (Å²) in [4.78, 5) is 19.6. The van der Waals surface area contributed by atoms with Gasteiger partial charge in [-0.15, -0.1) is 11.3 Å². The standard InChI is InChI=1S/C20H23N5OS/c1-2-10-24(17-8-9-21-12-17)20(26)18-14-27-19(23-18)15-11-22-25(13-15)16-6-4-3-5-7-16/h3-7,11,13-14,17,21H,2,8-10,12H2,1H3. The monoisotopic (exact) mass is 381 g/mol. The van der Waals surface area contributed by atoms with Crippen molar-refractivity contribution in [2.75, 3.05) is 19.6 Å². The van der Waals surface area contributed by atoms with Gasteiger partial charge in [-0.2, -0.15) is 5.10 Å². The Labute approximate surface area is 162 Å².